The second-order valence-electron chi connectivity index (χ2n) is 5.16. The summed E-state index contributed by atoms with van der Waals surface area (Å²) >= 11 is 0. The van der Waals surface area contributed by atoms with E-state index in [1.54, 1.807) is 13.1 Å². The Kier molecular flexibility index (Phi) is 4.43. The molecule has 1 aliphatic rings. The fourth-order valence-corrected chi connectivity index (χ4v) is 2.82. The van der Waals surface area contributed by atoms with Crippen molar-refractivity contribution in [2.75, 3.05) is 20.6 Å². The third kappa shape index (κ3) is 3.07. The maximum absolute atomic E-state index is 11.3. The maximum Gasteiger partial charge on any atom is 0.221 e. The second-order valence-corrected chi connectivity index (χ2v) is 5.16. The highest BCUT2D eigenvalue weighted by atomic mass is 16.3. The Morgan fingerprint density at radius 1 is 1.53 bits per heavy atom. The van der Waals surface area contributed by atoms with Crippen LogP contribution in [0.15, 0.2) is 18.2 Å². The quantitative estimate of drug-likeness (QED) is 0.870. The lowest BCUT2D eigenvalue weighted by Gasteiger charge is -2.33. The first-order valence-corrected chi connectivity index (χ1v) is 6.85. The number of hydrogen-bond acceptors (Lipinski definition) is 3. The molecule has 0 spiro atoms. The molecule has 0 heterocycles. The van der Waals surface area contributed by atoms with Crippen LogP contribution in [0.25, 0.3) is 0 Å². The van der Waals surface area contributed by atoms with Crippen LogP contribution in [0.2, 0.25) is 0 Å². The minimum absolute atomic E-state index is 0.0683. The van der Waals surface area contributed by atoms with Gasteiger partial charge < -0.3 is 10.4 Å². The summed E-state index contributed by atoms with van der Waals surface area (Å²) in [6, 6.07) is 6.06. The van der Waals surface area contributed by atoms with Crippen LogP contribution in [-0.2, 0) is 11.2 Å². The summed E-state index contributed by atoms with van der Waals surface area (Å²) < 4.78 is 0. The van der Waals surface area contributed by atoms with Crippen LogP contribution in [0.4, 0.5) is 0 Å². The van der Waals surface area contributed by atoms with Crippen molar-refractivity contribution in [3.8, 4) is 5.75 Å². The van der Waals surface area contributed by atoms with Gasteiger partial charge in [-0.15, -0.1) is 0 Å². The van der Waals surface area contributed by atoms with E-state index in [1.807, 2.05) is 13.1 Å². The molecule has 0 fully saturated rings. The topological polar surface area (TPSA) is 52.6 Å². The fraction of sp³-hybridized carbons (Fsp3) is 0.533. The van der Waals surface area contributed by atoms with Gasteiger partial charge in [-0.25, -0.2) is 0 Å². The van der Waals surface area contributed by atoms with Gasteiger partial charge in [-0.05, 0) is 43.5 Å². The molecule has 1 atom stereocenters. The highest BCUT2D eigenvalue weighted by Gasteiger charge is 2.25. The average Bonchev–Trinajstić information content (AvgIpc) is 2.44. The zero-order valence-corrected chi connectivity index (χ0v) is 11.6. The Labute approximate surface area is 114 Å². The maximum atomic E-state index is 11.3. The Balaban J connectivity index is 2.10. The van der Waals surface area contributed by atoms with E-state index in [9.17, 15) is 9.90 Å². The molecule has 0 saturated heterocycles. The summed E-state index contributed by atoms with van der Waals surface area (Å²) in [7, 11) is 3.71. The SMILES string of the molecule is CNC(=O)CCN(C)C1CCCc2c(O)cccc21. The number of phenolic OH excluding ortho intramolecular Hbond substituents is 1. The number of amides is 1. The number of nitrogens with zero attached hydrogens (tertiary/aromatic N) is 1. The molecule has 0 bridgehead atoms. The molecule has 4 heteroatoms. The van der Waals surface area contributed by atoms with Gasteiger partial charge >= 0.3 is 0 Å². The zero-order valence-electron chi connectivity index (χ0n) is 11.6. The van der Waals surface area contributed by atoms with E-state index in [0.29, 0.717) is 18.2 Å². The van der Waals surface area contributed by atoms with E-state index >= 15 is 0 Å². The Morgan fingerprint density at radius 2 is 2.32 bits per heavy atom. The molecule has 1 aliphatic carbocycles. The molecule has 4 nitrogen and oxygen atoms in total. The van der Waals surface area contributed by atoms with Gasteiger partial charge in [-0.3, -0.25) is 9.69 Å². The number of nitrogens with one attached hydrogen (secondary N) is 1. The smallest absolute Gasteiger partial charge is 0.221 e. The lowest BCUT2D eigenvalue weighted by molar-refractivity contribution is -0.121. The lowest BCUT2D eigenvalue weighted by atomic mass is 9.86. The minimum atomic E-state index is 0.0683. The van der Waals surface area contributed by atoms with Crippen LogP contribution in [0.3, 0.4) is 0 Å². The number of fused-ring (bicyclic) bond motifs is 1. The van der Waals surface area contributed by atoms with E-state index in [1.165, 1.54) is 5.56 Å². The summed E-state index contributed by atoms with van der Waals surface area (Å²) in [6.07, 6.45) is 3.62. The van der Waals surface area contributed by atoms with E-state index in [-0.39, 0.29) is 5.91 Å². The molecule has 19 heavy (non-hydrogen) atoms. The molecular formula is C15H22N2O2. The largest absolute Gasteiger partial charge is 0.508 e. The van der Waals surface area contributed by atoms with E-state index < -0.39 is 0 Å². The standard InChI is InChI=1S/C15H22N2O2/c1-16-15(19)9-10-17(2)13-7-3-6-12-11(13)5-4-8-14(12)18/h4-5,8,13,18H,3,6-7,9-10H2,1-2H3,(H,16,19). The highest BCUT2D eigenvalue weighted by molar-refractivity contribution is 5.75. The van der Waals surface area contributed by atoms with Gasteiger partial charge in [0.1, 0.15) is 5.75 Å². The summed E-state index contributed by atoms with van der Waals surface area (Å²) in [5.74, 6) is 0.473. The van der Waals surface area contributed by atoms with Crippen LogP contribution in [-0.4, -0.2) is 36.6 Å². The Morgan fingerprint density at radius 3 is 3.05 bits per heavy atom. The van der Waals surface area contributed by atoms with Gasteiger partial charge in [0.15, 0.2) is 0 Å². The van der Waals surface area contributed by atoms with Crippen molar-refractivity contribution in [1.29, 1.82) is 0 Å². The molecule has 1 amide bonds. The summed E-state index contributed by atoms with van der Waals surface area (Å²) in [4.78, 5) is 13.5. The Hall–Kier alpha value is -1.55. The molecule has 104 valence electrons. The van der Waals surface area contributed by atoms with Crippen LogP contribution in [0.5, 0.6) is 5.75 Å². The van der Waals surface area contributed by atoms with Crippen molar-refractivity contribution in [2.24, 2.45) is 0 Å². The van der Waals surface area contributed by atoms with Crippen molar-refractivity contribution in [3.05, 3.63) is 29.3 Å². The van der Waals surface area contributed by atoms with Crippen LogP contribution >= 0.6 is 0 Å². The predicted molar refractivity (Wildman–Crippen MR) is 75.1 cm³/mol. The Bertz CT molecular complexity index is 459. The zero-order chi connectivity index (χ0) is 13.8. The number of hydrogen-bond donors (Lipinski definition) is 2. The molecule has 0 radical (unpaired) electrons. The predicted octanol–water partition coefficient (Wildman–Crippen LogP) is 1.84. The van der Waals surface area contributed by atoms with E-state index in [4.69, 9.17) is 0 Å². The first kappa shape index (κ1) is 13.9. The van der Waals surface area contributed by atoms with E-state index in [0.717, 1.165) is 31.4 Å². The monoisotopic (exact) mass is 262 g/mol. The fourth-order valence-electron chi connectivity index (χ4n) is 2.82. The molecule has 0 aromatic heterocycles. The van der Waals surface area contributed by atoms with E-state index in [2.05, 4.69) is 16.3 Å². The van der Waals surface area contributed by atoms with Gasteiger partial charge in [0.05, 0.1) is 0 Å². The van der Waals surface area contributed by atoms with Crippen LogP contribution in [0.1, 0.15) is 36.4 Å². The number of rotatable bonds is 4. The molecule has 1 unspecified atom stereocenters. The van der Waals surface area contributed by atoms with Gasteiger partial charge in [0, 0.05) is 26.1 Å². The third-order valence-corrected chi connectivity index (χ3v) is 3.95. The van der Waals surface area contributed by atoms with Crippen molar-refractivity contribution < 1.29 is 9.90 Å². The lowest BCUT2D eigenvalue weighted by Crippen LogP contribution is -2.31. The normalized spacial score (nSPS) is 18.2. The summed E-state index contributed by atoms with van der Waals surface area (Å²) in [5.41, 5.74) is 2.29. The van der Waals surface area contributed by atoms with Gasteiger partial charge in [0.25, 0.3) is 0 Å². The molecule has 0 aliphatic heterocycles. The number of benzene rings is 1. The number of carbonyl (C=O) groups is 1. The number of aromatic hydroxyl groups is 1. The van der Waals surface area contributed by atoms with Crippen LogP contribution < -0.4 is 5.32 Å². The average molecular weight is 262 g/mol. The molecule has 0 saturated carbocycles. The van der Waals surface area contributed by atoms with Crippen molar-refractivity contribution >= 4 is 5.91 Å². The first-order chi connectivity index (χ1) is 9.13. The molecule has 1 aromatic rings. The summed E-state index contributed by atoms with van der Waals surface area (Å²) in [6.45, 7) is 0.736. The number of phenols is 1. The molecule has 2 rings (SSSR count). The van der Waals surface area contributed by atoms with Crippen LogP contribution in [0, 0.1) is 0 Å². The van der Waals surface area contributed by atoms with Gasteiger partial charge in [-0.1, -0.05) is 12.1 Å². The molecule has 2 N–H and O–H groups in total. The minimum Gasteiger partial charge on any atom is -0.508 e. The highest BCUT2D eigenvalue weighted by Crippen LogP contribution is 2.37. The summed E-state index contributed by atoms with van der Waals surface area (Å²) in [5, 5.41) is 12.6. The number of carbonyl (C=O) groups excluding carboxylic acids is 1. The second kappa shape index (κ2) is 6.06. The first-order valence-electron chi connectivity index (χ1n) is 6.85. The van der Waals surface area contributed by atoms with Crippen molar-refractivity contribution in [1.82, 2.24) is 10.2 Å². The molecular weight excluding hydrogens is 240 g/mol. The van der Waals surface area contributed by atoms with Gasteiger partial charge in [-0.2, -0.15) is 0 Å². The van der Waals surface area contributed by atoms with Gasteiger partial charge in [0.2, 0.25) is 5.91 Å². The van der Waals surface area contributed by atoms with Crippen molar-refractivity contribution in [3.63, 3.8) is 0 Å². The molecule has 1 aromatic carbocycles. The third-order valence-electron chi connectivity index (χ3n) is 3.95. The van der Waals surface area contributed by atoms with Crippen molar-refractivity contribution in [2.45, 2.75) is 31.7 Å².